The molecule has 0 saturated carbocycles. The number of hydrazone groups is 1. The van der Waals surface area contributed by atoms with Gasteiger partial charge in [-0.05, 0) is 72.6 Å². The number of benzene rings is 3. The molecule has 0 radical (unpaired) electrons. The third kappa shape index (κ3) is 8.32. The van der Waals surface area contributed by atoms with Crippen molar-refractivity contribution < 1.29 is 28.5 Å². The Morgan fingerprint density at radius 2 is 1.78 bits per heavy atom. The Hall–Kier alpha value is -4.04. The van der Waals surface area contributed by atoms with E-state index in [-0.39, 0.29) is 12.4 Å². The van der Waals surface area contributed by atoms with Crippen molar-refractivity contribution in [3.63, 3.8) is 0 Å². The second-order valence-electron chi connectivity index (χ2n) is 7.57. The molecule has 0 fully saturated rings. The SMILES string of the molecule is CCCCOc1ccc(C(=O)Oc2ccc(/C=N/NC(=O)COc3cccc(Cl)c3)cc2OC)cc1. The van der Waals surface area contributed by atoms with Crippen LogP contribution in [0.15, 0.2) is 71.8 Å². The van der Waals surface area contributed by atoms with E-state index in [0.29, 0.717) is 40.0 Å². The monoisotopic (exact) mass is 510 g/mol. The Kier molecular flexibility index (Phi) is 10.1. The lowest BCUT2D eigenvalue weighted by molar-refractivity contribution is -0.123. The fourth-order valence-corrected chi connectivity index (χ4v) is 3.13. The first-order valence-corrected chi connectivity index (χ1v) is 11.7. The molecule has 0 aliphatic rings. The topological polar surface area (TPSA) is 95.5 Å². The minimum atomic E-state index is -0.526. The van der Waals surface area contributed by atoms with Crippen molar-refractivity contribution in [2.75, 3.05) is 20.3 Å². The Morgan fingerprint density at radius 1 is 0.972 bits per heavy atom. The number of nitrogens with zero attached hydrogens (tertiary/aromatic N) is 1. The first-order valence-electron chi connectivity index (χ1n) is 11.3. The van der Waals surface area contributed by atoms with Crippen LogP contribution in [0, 0.1) is 0 Å². The minimum Gasteiger partial charge on any atom is -0.494 e. The number of amides is 1. The van der Waals surface area contributed by atoms with Crippen LogP contribution in [0.3, 0.4) is 0 Å². The van der Waals surface area contributed by atoms with Crippen molar-refractivity contribution >= 4 is 29.7 Å². The highest BCUT2D eigenvalue weighted by atomic mass is 35.5. The number of carbonyl (C=O) groups excluding carboxylic acids is 2. The molecule has 3 aromatic rings. The van der Waals surface area contributed by atoms with Crippen LogP contribution in [0.2, 0.25) is 5.02 Å². The smallest absolute Gasteiger partial charge is 0.343 e. The number of carbonyl (C=O) groups is 2. The molecule has 1 N–H and O–H groups in total. The van der Waals surface area contributed by atoms with E-state index in [0.717, 1.165) is 12.8 Å². The van der Waals surface area contributed by atoms with Gasteiger partial charge in [-0.1, -0.05) is 31.0 Å². The van der Waals surface area contributed by atoms with E-state index >= 15 is 0 Å². The molecule has 0 spiro atoms. The molecule has 3 aromatic carbocycles. The summed E-state index contributed by atoms with van der Waals surface area (Å²) < 4.78 is 21.8. The molecule has 8 nitrogen and oxygen atoms in total. The second kappa shape index (κ2) is 13.7. The van der Waals surface area contributed by atoms with E-state index in [2.05, 4.69) is 17.5 Å². The van der Waals surface area contributed by atoms with Gasteiger partial charge < -0.3 is 18.9 Å². The van der Waals surface area contributed by atoms with Crippen LogP contribution in [0.4, 0.5) is 0 Å². The third-order valence-corrected chi connectivity index (χ3v) is 5.05. The summed E-state index contributed by atoms with van der Waals surface area (Å²) in [4.78, 5) is 24.5. The van der Waals surface area contributed by atoms with Gasteiger partial charge in [-0.15, -0.1) is 0 Å². The third-order valence-electron chi connectivity index (χ3n) is 4.82. The average Bonchev–Trinajstić information content (AvgIpc) is 2.89. The van der Waals surface area contributed by atoms with Gasteiger partial charge in [0, 0.05) is 5.02 Å². The molecule has 0 aliphatic heterocycles. The van der Waals surface area contributed by atoms with Crippen molar-refractivity contribution in [3.8, 4) is 23.0 Å². The van der Waals surface area contributed by atoms with Crippen LogP contribution in [-0.2, 0) is 4.79 Å². The van der Waals surface area contributed by atoms with Gasteiger partial charge in [0.25, 0.3) is 5.91 Å². The Morgan fingerprint density at radius 3 is 2.50 bits per heavy atom. The normalized spacial score (nSPS) is 10.6. The van der Waals surface area contributed by atoms with Gasteiger partial charge in [0.2, 0.25) is 0 Å². The fourth-order valence-electron chi connectivity index (χ4n) is 2.95. The molecule has 9 heteroatoms. The second-order valence-corrected chi connectivity index (χ2v) is 8.00. The number of unbranched alkanes of at least 4 members (excludes halogenated alkanes) is 1. The molecule has 0 bridgehead atoms. The van der Waals surface area contributed by atoms with Crippen molar-refractivity contribution in [1.82, 2.24) is 5.43 Å². The molecule has 0 heterocycles. The highest BCUT2D eigenvalue weighted by Gasteiger charge is 2.13. The quantitative estimate of drug-likeness (QED) is 0.117. The van der Waals surface area contributed by atoms with Crippen molar-refractivity contribution in [2.24, 2.45) is 5.10 Å². The largest absolute Gasteiger partial charge is 0.494 e. The highest BCUT2D eigenvalue weighted by molar-refractivity contribution is 6.30. The van der Waals surface area contributed by atoms with Gasteiger partial charge in [-0.2, -0.15) is 5.10 Å². The molecule has 0 saturated heterocycles. The van der Waals surface area contributed by atoms with Gasteiger partial charge in [0.1, 0.15) is 11.5 Å². The summed E-state index contributed by atoms with van der Waals surface area (Å²) in [6.07, 6.45) is 3.45. The number of hydrogen-bond donors (Lipinski definition) is 1. The van der Waals surface area contributed by atoms with Crippen molar-refractivity contribution in [1.29, 1.82) is 0 Å². The summed E-state index contributed by atoms with van der Waals surface area (Å²) in [6.45, 7) is 2.50. The molecule has 0 aliphatic carbocycles. The van der Waals surface area contributed by atoms with Crippen LogP contribution in [0.5, 0.6) is 23.0 Å². The number of methoxy groups -OCH3 is 1. The van der Waals surface area contributed by atoms with Gasteiger partial charge in [0.15, 0.2) is 18.1 Å². The zero-order chi connectivity index (χ0) is 25.8. The standard InChI is InChI=1S/C27H27ClN2O6/c1-3-4-14-34-22-11-9-20(10-12-22)27(32)36-24-13-8-19(15-25(24)33-2)17-29-30-26(31)18-35-23-7-5-6-21(28)16-23/h5-13,15-17H,3-4,14,18H2,1-2H3,(H,30,31)/b29-17+. The minimum absolute atomic E-state index is 0.220. The maximum atomic E-state index is 12.6. The molecule has 0 aromatic heterocycles. The summed E-state index contributed by atoms with van der Waals surface area (Å²) in [5.41, 5.74) is 3.38. The zero-order valence-electron chi connectivity index (χ0n) is 20.0. The summed E-state index contributed by atoms with van der Waals surface area (Å²) >= 11 is 5.88. The average molecular weight is 511 g/mol. The molecule has 1 amide bonds. The van der Waals surface area contributed by atoms with E-state index in [4.69, 9.17) is 30.5 Å². The lowest BCUT2D eigenvalue weighted by Crippen LogP contribution is -2.24. The van der Waals surface area contributed by atoms with Crippen LogP contribution >= 0.6 is 11.6 Å². The summed E-state index contributed by atoms with van der Waals surface area (Å²) in [5, 5.41) is 4.43. The predicted octanol–water partition coefficient (Wildman–Crippen LogP) is 5.28. The van der Waals surface area contributed by atoms with Gasteiger partial charge >= 0.3 is 5.97 Å². The number of hydrogen-bond acceptors (Lipinski definition) is 7. The van der Waals surface area contributed by atoms with Crippen molar-refractivity contribution in [3.05, 3.63) is 82.9 Å². The summed E-state index contributed by atoms with van der Waals surface area (Å²) in [6, 6.07) is 18.4. The first-order chi connectivity index (χ1) is 17.5. The van der Waals surface area contributed by atoms with Crippen LogP contribution in [0.1, 0.15) is 35.7 Å². The summed E-state index contributed by atoms with van der Waals surface area (Å²) in [5.74, 6) is 0.800. The Labute approximate surface area is 214 Å². The van der Waals surface area contributed by atoms with Crippen LogP contribution < -0.4 is 24.4 Å². The Bertz CT molecular complexity index is 1200. The molecule has 0 unspecified atom stereocenters. The number of rotatable bonds is 12. The number of ether oxygens (including phenoxy) is 4. The highest BCUT2D eigenvalue weighted by Crippen LogP contribution is 2.28. The van der Waals surface area contributed by atoms with E-state index in [1.54, 1.807) is 66.7 Å². The van der Waals surface area contributed by atoms with Gasteiger partial charge in [-0.25, -0.2) is 10.2 Å². The number of nitrogens with one attached hydrogen (secondary N) is 1. The van der Waals surface area contributed by atoms with Gasteiger partial charge in [0.05, 0.1) is 25.5 Å². The van der Waals surface area contributed by atoms with Crippen LogP contribution in [0.25, 0.3) is 0 Å². The molecule has 3 rings (SSSR count). The van der Waals surface area contributed by atoms with Crippen molar-refractivity contribution in [2.45, 2.75) is 19.8 Å². The maximum Gasteiger partial charge on any atom is 0.343 e. The first kappa shape index (κ1) is 26.6. The molecule has 188 valence electrons. The van der Waals surface area contributed by atoms with Crippen LogP contribution in [-0.4, -0.2) is 38.4 Å². The van der Waals surface area contributed by atoms with E-state index < -0.39 is 11.9 Å². The zero-order valence-corrected chi connectivity index (χ0v) is 20.8. The van der Waals surface area contributed by atoms with E-state index in [1.807, 2.05) is 0 Å². The lowest BCUT2D eigenvalue weighted by atomic mass is 10.2. The van der Waals surface area contributed by atoms with Gasteiger partial charge in [-0.3, -0.25) is 4.79 Å². The lowest BCUT2D eigenvalue weighted by Gasteiger charge is -2.10. The predicted molar refractivity (Wildman–Crippen MR) is 137 cm³/mol. The van der Waals surface area contributed by atoms with E-state index in [9.17, 15) is 9.59 Å². The molecular formula is C27H27ClN2O6. The van der Waals surface area contributed by atoms with E-state index in [1.165, 1.54) is 13.3 Å². The number of halogens is 1. The number of esters is 1. The summed E-state index contributed by atoms with van der Waals surface area (Å²) in [7, 11) is 1.46. The molecule has 0 atom stereocenters. The maximum absolute atomic E-state index is 12.6. The molecular weight excluding hydrogens is 484 g/mol. The Balaban J connectivity index is 1.53. The fraction of sp³-hybridized carbons (Fsp3) is 0.222. The molecule has 36 heavy (non-hydrogen) atoms.